The summed E-state index contributed by atoms with van der Waals surface area (Å²) in [4.78, 5) is 39.9. The van der Waals surface area contributed by atoms with Gasteiger partial charge in [0.1, 0.15) is 6.04 Å². The number of rotatable bonds is 8. The van der Waals surface area contributed by atoms with E-state index in [1.54, 1.807) is 11.8 Å². The number of hydrogen-bond acceptors (Lipinski definition) is 5. The summed E-state index contributed by atoms with van der Waals surface area (Å²) in [6.07, 6.45) is 2.17. The Hall–Kier alpha value is -3.42. The van der Waals surface area contributed by atoms with Crippen LogP contribution in [-0.2, 0) is 4.79 Å². The summed E-state index contributed by atoms with van der Waals surface area (Å²) in [5, 5.41) is 14.0. The largest absolute Gasteiger partial charge is 0.375 e. The Kier molecular flexibility index (Phi) is 7.23. The molecule has 0 aromatic heterocycles. The van der Waals surface area contributed by atoms with Gasteiger partial charge < -0.3 is 15.1 Å². The number of anilines is 1. The predicted octanol–water partition coefficient (Wildman–Crippen LogP) is 3.15. The minimum Gasteiger partial charge on any atom is -0.375 e. The average molecular weight is 425 g/mol. The van der Waals surface area contributed by atoms with Gasteiger partial charge in [0.05, 0.1) is 4.92 Å². The summed E-state index contributed by atoms with van der Waals surface area (Å²) in [7, 11) is 2.01. The second-order valence-corrected chi connectivity index (χ2v) is 7.82. The van der Waals surface area contributed by atoms with E-state index in [0.29, 0.717) is 30.6 Å². The standard InChI is InChI=1S/C23H28N4O4/c1-17-16-18(11-12-20(17)27(30)31)23(29)26-15-6-10-21(26)22(28)24-13-7-14-25(2)19-8-4-3-5-9-19/h3-5,8-9,11-12,16,21H,6-7,10,13-15H2,1-2H3,(H,24,28). The fourth-order valence-corrected chi connectivity index (χ4v) is 3.90. The third kappa shape index (κ3) is 5.39. The molecule has 1 saturated heterocycles. The van der Waals surface area contributed by atoms with E-state index in [-0.39, 0.29) is 17.5 Å². The number of nitrogens with one attached hydrogen (secondary N) is 1. The van der Waals surface area contributed by atoms with Crippen LogP contribution in [0.3, 0.4) is 0 Å². The predicted molar refractivity (Wildman–Crippen MR) is 119 cm³/mol. The number of nitro benzene ring substituents is 1. The molecule has 2 aromatic rings. The highest BCUT2D eigenvalue weighted by Gasteiger charge is 2.34. The summed E-state index contributed by atoms with van der Waals surface area (Å²) in [6.45, 7) is 3.45. The zero-order valence-electron chi connectivity index (χ0n) is 17.9. The van der Waals surface area contributed by atoms with E-state index in [0.717, 1.165) is 25.1 Å². The van der Waals surface area contributed by atoms with Gasteiger partial charge in [0.2, 0.25) is 5.91 Å². The molecule has 1 heterocycles. The van der Waals surface area contributed by atoms with Gasteiger partial charge in [-0.2, -0.15) is 0 Å². The molecule has 1 aliphatic rings. The lowest BCUT2D eigenvalue weighted by atomic mass is 10.1. The summed E-state index contributed by atoms with van der Waals surface area (Å²) in [6, 6.07) is 13.9. The summed E-state index contributed by atoms with van der Waals surface area (Å²) >= 11 is 0. The maximum absolute atomic E-state index is 12.9. The van der Waals surface area contributed by atoms with Crippen LogP contribution in [0.25, 0.3) is 0 Å². The first kappa shape index (κ1) is 22.3. The molecule has 1 fully saturated rings. The highest BCUT2D eigenvalue weighted by molar-refractivity contribution is 5.98. The molecule has 8 nitrogen and oxygen atoms in total. The molecular formula is C23H28N4O4. The van der Waals surface area contributed by atoms with Crippen molar-refractivity contribution in [2.24, 2.45) is 0 Å². The van der Waals surface area contributed by atoms with E-state index in [4.69, 9.17) is 0 Å². The van der Waals surface area contributed by atoms with Crippen LogP contribution >= 0.6 is 0 Å². The molecule has 2 amide bonds. The molecule has 0 saturated carbocycles. The van der Waals surface area contributed by atoms with Gasteiger partial charge in [-0.15, -0.1) is 0 Å². The lowest BCUT2D eigenvalue weighted by molar-refractivity contribution is -0.385. The Morgan fingerprint density at radius 1 is 1.23 bits per heavy atom. The average Bonchev–Trinajstić information content (AvgIpc) is 3.26. The van der Waals surface area contributed by atoms with Crippen molar-refractivity contribution >= 4 is 23.2 Å². The fraction of sp³-hybridized carbons (Fsp3) is 0.391. The Bertz CT molecular complexity index is 948. The zero-order valence-corrected chi connectivity index (χ0v) is 17.9. The van der Waals surface area contributed by atoms with Crippen molar-refractivity contribution in [3.8, 4) is 0 Å². The highest BCUT2D eigenvalue weighted by Crippen LogP contribution is 2.24. The van der Waals surface area contributed by atoms with Crippen molar-refractivity contribution in [3.63, 3.8) is 0 Å². The van der Waals surface area contributed by atoms with Crippen molar-refractivity contribution in [1.82, 2.24) is 10.2 Å². The van der Waals surface area contributed by atoms with Crippen LogP contribution in [0, 0.1) is 17.0 Å². The molecule has 0 spiro atoms. The number of hydrogen-bond donors (Lipinski definition) is 1. The van der Waals surface area contributed by atoms with E-state index < -0.39 is 11.0 Å². The van der Waals surface area contributed by atoms with E-state index in [1.807, 2.05) is 37.4 Å². The number of para-hydroxylation sites is 1. The van der Waals surface area contributed by atoms with Crippen molar-refractivity contribution < 1.29 is 14.5 Å². The number of carbonyl (C=O) groups is 2. The normalized spacial score (nSPS) is 15.5. The van der Waals surface area contributed by atoms with Crippen LogP contribution in [0.5, 0.6) is 0 Å². The van der Waals surface area contributed by atoms with Crippen LogP contribution in [0.15, 0.2) is 48.5 Å². The van der Waals surface area contributed by atoms with E-state index in [9.17, 15) is 19.7 Å². The number of nitro groups is 1. The van der Waals surface area contributed by atoms with Gasteiger partial charge in [0.15, 0.2) is 0 Å². The molecule has 0 bridgehead atoms. The van der Waals surface area contributed by atoms with Gasteiger partial charge in [-0.05, 0) is 50.5 Å². The summed E-state index contributed by atoms with van der Waals surface area (Å²) in [5.74, 6) is -0.411. The quantitative estimate of drug-likeness (QED) is 0.399. The molecule has 8 heteroatoms. The van der Waals surface area contributed by atoms with Crippen molar-refractivity contribution in [3.05, 3.63) is 69.8 Å². The third-order valence-electron chi connectivity index (χ3n) is 5.62. The molecule has 2 aromatic carbocycles. The molecule has 1 unspecified atom stereocenters. The Morgan fingerprint density at radius 3 is 2.65 bits per heavy atom. The number of likely N-dealkylation sites (tertiary alicyclic amines) is 1. The van der Waals surface area contributed by atoms with Gasteiger partial charge in [-0.1, -0.05) is 18.2 Å². The van der Waals surface area contributed by atoms with Crippen LogP contribution in [0.4, 0.5) is 11.4 Å². The lowest BCUT2D eigenvalue weighted by Gasteiger charge is -2.24. The number of nitrogens with zero attached hydrogens (tertiary/aromatic N) is 3. The van der Waals surface area contributed by atoms with Crippen LogP contribution < -0.4 is 10.2 Å². The monoisotopic (exact) mass is 424 g/mol. The Balaban J connectivity index is 1.53. The molecule has 3 rings (SSSR count). The highest BCUT2D eigenvalue weighted by atomic mass is 16.6. The SMILES string of the molecule is Cc1cc(C(=O)N2CCCC2C(=O)NCCCN(C)c2ccccc2)ccc1[N+](=O)[O-]. The topological polar surface area (TPSA) is 95.8 Å². The third-order valence-corrected chi connectivity index (χ3v) is 5.62. The first-order chi connectivity index (χ1) is 14.9. The lowest BCUT2D eigenvalue weighted by Crippen LogP contribution is -2.46. The number of benzene rings is 2. The van der Waals surface area contributed by atoms with Gasteiger partial charge in [0.25, 0.3) is 11.6 Å². The molecule has 0 aliphatic carbocycles. The molecule has 164 valence electrons. The molecule has 31 heavy (non-hydrogen) atoms. The molecular weight excluding hydrogens is 396 g/mol. The van der Waals surface area contributed by atoms with Crippen LogP contribution in [-0.4, -0.2) is 54.4 Å². The van der Waals surface area contributed by atoms with E-state index in [2.05, 4.69) is 10.2 Å². The maximum Gasteiger partial charge on any atom is 0.272 e. The Morgan fingerprint density at radius 2 is 1.97 bits per heavy atom. The molecule has 1 atom stereocenters. The van der Waals surface area contributed by atoms with Crippen molar-refractivity contribution in [2.75, 3.05) is 31.6 Å². The van der Waals surface area contributed by atoms with Crippen molar-refractivity contribution in [1.29, 1.82) is 0 Å². The van der Waals surface area contributed by atoms with Crippen LogP contribution in [0.1, 0.15) is 35.2 Å². The van der Waals surface area contributed by atoms with E-state index in [1.165, 1.54) is 18.2 Å². The number of amides is 2. The first-order valence-corrected chi connectivity index (χ1v) is 10.5. The second-order valence-electron chi connectivity index (χ2n) is 7.82. The van der Waals surface area contributed by atoms with E-state index >= 15 is 0 Å². The van der Waals surface area contributed by atoms with Gasteiger partial charge in [-0.25, -0.2) is 0 Å². The summed E-state index contributed by atoms with van der Waals surface area (Å²) < 4.78 is 0. The fourth-order valence-electron chi connectivity index (χ4n) is 3.90. The molecule has 0 radical (unpaired) electrons. The smallest absolute Gasteiger partial charge is 0.272 e. The minimum atomic E-state index is -0.505. The number of carbonyl (C=O) groups excluding carboxylic acids is 2. The van der Waals surface area contributed by atoms with Gasteiger partial charge >= 0.3 is 0 Å². The zero-order chi connectivity index (χ0) is 22.4. The molecule has 1 N–H and O–H groups in total. The molecule has 1 aliphatic heterocycles. The minimum absolute atomic E-state index is 0.0206. The number of aryl methyl sites for hydroxylation is 1. The Labute approximate surface area is 182 Å². The second kappa shape index (κ2) is 10.1. The van der Waals surface area contributed by atoms with Crippen molar-refractivity contribution in [2.45, 2.75) is 32.2 Å². The maximum atomic E-state index is 12.9. The first-order valence-electron chi connectivity index (χ1n) is 10.5. The van der Waals surface area contributed by atoms with Gasteiger partial charge in [-0.3, -0.25) is 19.7 Å². The van der Waals surface area contributed by atoms with Gasteiger partial charge in [0, 0.05) is 49.6 Å². The van der Waals surface area contributed by atoms with Crippen LogP contribution in [0.2, 0.25) is 0 Å². The summed E-state index contributed by atoms with van der Waals surface area (Å²) in [5.41, 5.74) is 1.90.